The van der Waals surface area contributed by atoms with E-state index in [1.165, 1.54) is 11.3 Å². The Labute approximate surface area is 113 Å². The lowest BCUT2D eigenvalue weighted by Crippen LogP contribution is -1.95. The Morgan fingerprint density at radius 3 is 2.83 bits per heavy atom. The maximum absolute atomic E-state index is 5.31. The smallest absolute Gasteiger partial charge is 0.284 e. The number of ether oxygens (including phenoxy) is 2. The zero-order valence-electron chi connectivity index (χ0n) is 10.1. The van der Waals surface area contributed by atoms with Crippen LogP contribution in [0.3, 0.4) is 0 Å². The highest BCUT2D eigenvalue weighted by Gasteiger charge is 2.17. The number of rotatable bonds is 6. The van der Waals surface area contributed by atoms with Crippen LogP contribution in [-0.4, -0.2) is 36.0 Å². The van der Waals surface area contributed by atoms with Crippen molar-refractivity contribution in [3.8, 4) is 10.8 Å². The van der Waals surface area contributed by atoms with Crippen LogP contribution in [0.5, 0.6) is 0 Å². The van der Waals surface area contributed by atoms with Crippen LogP contribution < -0.4 is 0 Å². The second-order valence-corrected chi connectivity index (χ2v) is 4.93. The number of methoxy groups -OCH3 is 2. The molecule has 0 aliphatic rings. The fourth-order valence-electron chi connectivity index (χ4n) is 1.43. The van der Waals surface area contributed by atoms with Crippen LogP contribution in [0.25, 0.3) is 10.8 Å². The summed E-state index contributed by atoms with van der Waals surface area (Å²) in [5.41, 5.74) is 0.804. The second kappa shape index (κ2) is 6.19. The number of aromatic amines is 1. The molecular formula is C10H13N3O3S2. The standard InChI is InChI=1S/C10H13N3O3S2/c1-14-4-3-7-11-6(5-15-2)8(18-7)9-12-13-10(17)16-9/h3-5H2,1-2H3,(H,13,17). The van der Waals surface area contributed by atoms with E-state index in [4.69, 9.17) is 26.1 Å². The molecule has 0 radical (unpaired) electrons. The largest absolute Gasteiger partial charge is 0.408 e. The van der Waals surface area contributed by atoms with E-state index in [0.717, 1.165) is 22.0 Å². The quantitative estimate of drug-likeness (QED) is 0.821. The van der Waals surface area contributed by atoms with Gasteiger partial charge in [-0.25, -0.2) is 10.1 Å². The van der Waals surface area contributed by atoms with E-state index >= 15 is 0 Å². The van der Waals surface area contributed by atoms with Crippen LogP contribution in [0.4, 0.5) is 0 Å². The van der Waals surface area contributed by atoms with E-state index in [0.29, 0.717) is 19.1 Å². The van der Waals surface area contributed by atoms with Gasteiger partial charge >= 0.3 is 0 Å². The predicted octanol–water partition coefficient (Wildman–Crippen LogP) is 2.19. The van der Waals surface area contributed by atoms with E-state index in [2.05, 4.69) is 15.2 Å². The van der Waals surface area contributed by atoms with Gasteiger partial charge < -0.3 is 13.9 Å². The Hall–Kier alpha value is -1.09. The third-order valence-electron chi connectivity index (χ3n) is 2.18. The van der Waals surface area contributed by atoms with Gasteiger partial charge in [0.2, 0.25) is 0 Å². The number of aromatic nitrogens is 3. The number of thiazole rings is 1. The Bertz CT molecular complexity index is 561. The fourth-order valence-corrected chi connectivity index (χ4v) is 2.52. The summed E-state index contributed by atoms with van der Waals surface area (Å²) in [6.07, 6.45) is 0.753. The van der Waals surface area contributed by atoms with Gasteiger partial charge in [0.15, 0.2) is 0 Å². The zero-order chi connectivity index (χ0) is 13.0. The van der Waals surface area contributed by atoms with Crippen molar-refractivity contribution in [3.05, 3.63) is 15.5 Å². The predicted molar refractivity (Wildman–Crippen MR) is 69.1 cm³/mol. The number of hydrogen-bond acceptors (Lipinski definition) is 7. The lowest BCUT2D eigenvalue weighted by atomic mass is 10.3. The summed E-state index contributed by atoms with van der Waals surface area (Å²) in [4.78, 5) is 5.58. The van der Waals surface area contributed by atoms with Crippen LogP contribution in [0.15, 0.2) is 4.42 Å². The van der Waals surface area contributed by atoms with E-state index in [1.807, 2.05) is 0 Å². The van der Waals surface area contributed by atoms with Gasteiger partial charge in [-0.2, -0.15) is 0 Å². The molecule has 0 aliphatic heterocycles. The molecule has 98 valence electrons. The van der Waals surface area contributed by atoms with Crippen LogP contribution in [0.1, 0.15) is 10.7 Å². The first-order valence-corrected chi connectivity index (χ1v) is 6.49. The SMILES string of the molecule is COCCc1nc(COC)c(-c2n[nH]c(=S)o2)s1. The molecule has 0 atom stereocenters. The second-order valence-electron chi connectivity index (χ2n) is 3.48. The fraction of sp³-hybridized carbons (Fsp3) is 0.500. The monoisotopic (exact) mass is 287 g/mol. The van der Waals surface area contributed by atoms with Crippen molar-refractivity contribution >= 4 is 23.6 Å². The molecule has 2 aromatic heterocycles. The van der Waals surface area contributed by atoms with Crippen molar-refractivity contribution in [1.29, 1.82) is 0 Å². The first kappa shape index (κ1) is 13.3. The van der Waals surface area contributed by atoms with Crippen molar-refractivity contribution in [2.75, 3.05) is 20.8 Å². The molecule has 8 heteroatoms. The summed E-state index contributed by atoms with van der Waals surface area (Å²) >= 11 is 6.38. The zero-order valence-corrected chi connectivity index (χ0v) is 11.7. The van der Waals surface area contributed by atoms with E-state index < -0.39 is 0 Å². The average Bonchev–Trinajstić information content (AvgIpc) is 2.93. The Balaban J connectivity index is 2.31. The van der Waals surface area contributed by atoms with Gasteiger partial charge in [-0.1, -0.05) is 0 Å². The van der Waals surface area contributed by atoms with Gasteiger partial charge in [-0.05, 0) is 12.2 Å². The Kier molecular flexibility index (Phi) is 4.59. The number of nitrogens with one attached hydrogen (secondary N) is 1. The Morgan fingerprint density at radius 2 is 2.22 bits per heavy atom. The topological polar surface area (TPSA) is 73.2 Å². The van der Waals surface area contributed by atoms with Gasteiger partial charge in [0.1, 0.15) is 4.88 Å². The van der Waals surface area contributed by atoms with Crippen molar-refractivity contribution < 1.29 is 13.9 Å². The molecule has 6 nitrogen and oxygen atoms in total. The summed E-state index contributed by atoms with van der Waals surface area (Å²) in [5.74, 6) is 0.452. The molecule has 0 aliphatic carbocycles. The van der Waals surface area contributed by atoms with Crippen LogP contribution >= 0.6 is 23.6 Å². The first-order chi connectivity index (χ1) is 8.74. The molecule has 2 aromatic rings. The van der Waals surface area contributed by atoms with E-state index in [1.54, 1.807) is 14.2 Å². The average molecular weight is 287 g/mol. The maximum atomic E-state index is 5.31. The number of nitrogens with zero attached hydrogens (tertiary/aromatic N) is 2. The lowest BCUT2D eigenvalue weighted by molar-refractivity contribution is 0.181. The van der Waals surface area contributed by atoms with Crippen LogP contribution in [0, 0.1) is 4.84 Å². The molecule has 2 rings (SSSR count). The molecule has 0 saturated heterocycles. The Morgan fingerprint density at radius 1 is 1.39 bits per heavy atom. The highest BCUT2D eigenvalue weighted by molar-refractivity contribution is 7.71. The summed E-state index contributed by atoms with van der Waals surface area (Å²) in [6.45, 7) is 1.04. The minimum absolute atomic E-state index is 0.250. The molecule has 0 fully saturated rings. The van der Waals surface area contributed by atoms with E-state index in [-0.39, 0.29) is 4.84 Å². The molecule has 0 unspecified atom stereocenters. The van der Waals surface area contributed by atoms with Crippen molar-refractivity contribution in [2.24, 2.45) is 0 Å². The lowest BCUT2D eigenvalue weighted by Gasteiger charge is -1.95. The maximum Gasteiger partial charge on any atom is 0.284 e. The van der Waals surface area contributed by atoms with Crippen LogP contribution in [-0.2, 0) is 22.5 Å². The van der Waals surface area contributed by atoms with Crippen molar-refractivity contribution in [3.63, 3.8) is 0 Å². The molecule has 0 bridgehead atoms. The molecule has 0 spiro atoms. The minimum Gasteiger partial charge on any atom is -0.408 e. The number of H-pyrrole nitrogens is 1. The molecule has 2 heterocycles. The molecule has 18 heavy (non-hydrogen) atoms. The summed E-state index contributed by atoms with van der Waals surface area (Å²) in [6, 6.07) is 0. The molecule has 0 aromatic carbocycles. The van der Waals surface area contributed by atoms with Gasteiger partial charge in [0.25, 0.3) is 10.7 Å². The summed E-state index contributed by atoms with van der Waals surface area (Å²) in [5, 5.41) is 7.57. The third-order valence-corrected chi connectivity index (χ3v) is 3.50. The minimum atomic E-state index is 0.250. The van der Waals surface area contributed by atoms with Crippen LogP contribution in [0.2, 0.25) is 0 Å². The number of hydrogen-bond donors (Lipinski definition) is 1. The van der Waals surface area contributed by atoms with Crippen molar-refractivity contribution in [1.82, 2.24) is 15.2 Å². The summed E-state index contributed by atoms with van der Waals surface area (Å²) in [7, 11) is 3.29. The molecule has 1 N–H and O–H groups in total. The van der Waals surface area contributed by atoms with Gasteiger partial charge in [-0.3, -0.25) is 0 Å². The molecule has 0 amide bonds. The highest BCUT2D eigenvalue weighted by Crippen LogP contribution is 2.29. The highest BCUT2D eigenvalue weighted by atomic mass is 32.1. The van der Waals surface area contributed by atoms with E-state index in [9.17, 15) is 0 Å². The molecule has 0 saturated carbocycles. The van der Waals surface area contributed by atoms with Crippen molar-refractivity contribution in [2.45, 2.75) is 13.0 Å². The third kappa shape index (κ3) is 3.02. The van der Waals surface area contributed by atoms with Gasteiger partial charge in [-0.15, -0.1) is 16.4 Å². The van der Waals surface area contributed by atoms with Gasteiger partial charge in [0, 0.05) is 20.6 Å². The van der Waals surface area contributed by atoms with Gasteiger partial charge in [0.05, 0.1) is 23.9 Å². The normalized spacial score (nSPS) is 11.0. The first-order valence-electron chi connectivity index (χ1n) is 5.27. The summed E-state index contributed by atoms with van der Waals surface area (Å²) < 4.78 is 15.5. The molecular weight excluding hydrogens is 274 g/mol.